The van der Waals surface area contributed by atoms with Crippen molar-refractivity contribution in [3.05, 3.63) is 33.2 Å². The summed E-state index contributed by atoms with van der Waals surface area (Å²) in [6.45, 7) is 1.94. The van der Waals surface area contributed by atoms with E-state index in [4.69, 9.17) is 0 Å². The fourth-order valence-corrected chi connectivity index (χ4v) is 1.31. The average molecular weight is 244 g/mol. The topological polar surface area (TPSA) is 39.1 Å². The van der Waals surface area contributed by atoms with Gasteiger partial charge in [0.2, 0.25) is 0 Å². The highest BCUT2D eigenvalue weighted by atomic mass is 79.9. The molecule has 70 valence electrons. The standard InChI is InChI=1S/C9H10BrNO2/c1-2-8(12)6-11-5-7(10)3-4-9(11)13/h3-5H,2,6H2,1H3. The van der Waals surface area contributed by atoms with Crippen LogP contribution in [0.4, 0.5) is 0 Å². The molecule has 0 saturated heterocycles. The summed E-state index contributed by atoms with van der Waals surface area (Å²) in [6.07, 6.45) is 2.08. The molecule has 13 heavy (non-hydrogen) atoms. The molecule has 3 nitrogen and oxygen atoms in total. The van der Waals surface area contributed by atoms with E-state index in [2.05, 4.69) is 15.9 Å². The molecule has 0 unspecified atom stereocenters. The summed E-state index contributed by atoms with van der Waals surface area (Å²) in [6, 6.07) is 3.10. The van der Waals surface area contributed by atoms with Gasteiger partial charge in [-0.05, 0) is 22.0 Å². The first-order valence-electron chi connectivity index (χ1n) is 4.01. The summed E-state index contributed by atoms with van der Waals surface area (Å²) in [4.78, 5) is 22.3. The van der Waals surface area contributed by atoms with Gasteiger partial charge in [-0.15, -0.1) is 0 Å². The third-order valence-electron chi connectivity index (χ3n) is 1.69. The monoisotopic (exact) mass is 243 g/mol. The van der Waals surface area contributed by atoms with E-state index in [1.807, 2.05) is 0 Å². The number of hydrogen-bond acceptors (Lipinski definition) is 2. The van der Waals surface area contributed by atoms with E-state index in [0.29, 0.717) is 6.42 Å². The number of rotatable bonds is 3. The lowest BCUT2D eigenvalue weighted by molar-refractivity contribution is -0.119. The maximum Gasteiger partial charge on any atom is 0.250 e. The zero-order valence-electron chi connectivity index (χ0n) is 7.29. The van der Waals surface area contributed by atoms with Crippen molar-refractivity contribution in [2.45, 2.75) is 19.9 Å². The van der Waals surface area contributed by atoms with Crippen molar-refractivity contribution in [3.63, 3.8) is 0 Å². The third-order valence-corrected chi connectivity index (χ3v) is 2.16. The maximum absolute atomic E-state index is 11.2. The van der Waals surface area contributed by atoms with Gasteiger partial charge in [-0.1, -0.05) is 6.92 Å². The van der Waals surface area contributed by atoms with Gasteiger partial charge in [0.1, 0.15) is 0 Å². The first-order valence-corrected chi connectivity index (χ1v) is 4.80. The highest BCUT2D eigenvalue weighted by molar-refractivity contribution is 9.10. The van der Waals surface area contributed by atoms with E-state index < -0.39 is 0 Å². The second kappa shape index (κ2) is 4.37. The Morgan fingerprint density at radius 2 is 2.23 bits per heavy atom. The van der Waals surface area contributed by atoms with Gasteiger partial charge in [-0.25, -0.2) is 0 Å². The fourth-order valence-electron chi connectivity index (χ4n) is 0.928. The molecule has 0 spiro atoms. The molecule has 0 saturated carbocycles. The van der Waals surface area contributed by atoms with Crippen LogP contribution in [0.5, 0.6) is 0 Å². The van der Waals surface area contributed by atoms with Crippen LogP contribution in [0.25, 0.3) is 0 Å². The van der Waals surface area contributed by atoms with Gasteiger partial charge < -0.3 is 4.57 Å². The summed E-state index contributed by atoms with van der Waals surface area (Å²) in [5.74, 6) is 0.0557. The lowest BCUT2D eigenvalue weighted by Gasteiger charge is -2.02. The molecular weight excluding hydrogens is 234 g/mol. The van der Waals surface area contributed by atoms with Gasteiger partial charge in [0.05, 0.1) is 6.54 Å². The van der Waals surface area contributed by atoms with Gasteiger partial charge in [0.25, 0.3) is 5.56 Å². The van der Waals surface area contributed by atoms with Crippen molar-refractivity contribution in [1.29, 1.82) is 0 Å². The zero-order valence-corrected chi connectivity index (χ0v) is 8.87. The normalized spacial score (nSPS) is 10.0. The van der Waals surface area contributed by atoms with Crippen LogP contribution in [0.2, 0.25) is 0 Å². The molecule has 0 aromatic carbocycles. The van der Waals surface area contributed by atoms with Gasteiger partial charge in [0, 0.05) is 23.2 Å². The highest BCUT2D eigenvalue weighted by Crippen LogP contribution is 2.04. The first kappa shape index (κ1) is 10.2. The van der Waals surface area contributed by atoms with Gasteiger partial charge in [-0.2, -0.15) is 0 Å². The fraction of sp³-hybridized carbons (Fsp3) is 0.333. The number of hydrogen-bond donors (Lipinski definition) is 0. The number of pyridine rings is 1. The predicted octanol–water partition coefficient (Wildman–Crippen LogP) is 1.59. The summed E-state index contributed by atoms with van der Waals surface area (Å²) in [5.41, 5.74) is -0.148. The number of halogens is 1. The molecule has 0 aliphatic rings. The molecular formula is C9H10BrNO2. The minimum atomic E-state index is -0.148. The van der Waals surface area contributed by atoms with Crippen molar-refractivity contribution >= 4 is 21.7 Å². The molecule has 1 rings (SSSR count). The molecule has 1 heterocycles. The Labute approximate surface area is 84.5 Å². The summed E-state index contributed by atoms with van der Waals surface area (Å²) in [5, 5.41) is 0. The minimum Gasteiger partial charge on any atom is -0.307 e. The lowest BCUT2D eigenvalue weighted by Crippen LogP contribution is -2.22. The molecule has 0 N–H and O–H groups in total. The molecule has 0 amide bonds. The Bertz CT molecular complexity index is 370. The van der Waals surface area contributed by atoms with E-state index >= 15 is 0 Å². The molecule has 0 bridgehead atoms. The lowest BCUT2D eigenvalue weighted by atomic mass is 10.3. The number of ketones is 1. The van der Waals surface area contributed by atoms with Crippen LogP contribution < -0.4 is 5.56 Å². The molecule has 0 atom stereocenters. The van der Waals surface area contributed by atoms with Gasteiger partial charge in [0.15, 0.2) is 5.78 Å². The highest BCUT2D eigenvalue weighted by Gasteiger charge is 2.01. The molecule has 1 aromatic heterocycles. The average Bonchev–Trinajstić information content (AvgIpc) is 2.11. The summed E-state index contributed by atoms with van der Waals surface area (Å²) in [7, 11) is 0. The largest absolute Gasteiger partial charge is 0.307 e. The Balaban J connectivity index is 2.94. The van der Waals surface area contributed by atoms with Crippen molar-refractivity contribution in [3.8, 4) is 0 Å². The predicted molar refractivity (Wildman–Crippen MR) is 53.7 cm³/mol. The quantitative estimate of drug-likeness (QED) is 0.809. The number of aromatic nitrogens is 1. The van der Waals surface area contributed by atoms with Crippen LogP contribution in [0.1, 0.15) is 13.3 Å². The van der Waals surface area contributed by atoms with Crippen molar-refractivity contribution in [2.75, 3.05) is 0 Å². The molecule has 0 radical (unpaired) electrons. The van der Waals surface area contributed by atoms with Crippen LogP contribution in [0, 0.1) is 0 Å². The van der Waals surface area contributed by atoms with Crippen LogP contribution in [0.15, 0.2) is 27.6 Å². The van der Waals surface area contributed by atoms with E-state index in [9.17, 15) is 9.59 Å². The van der Waals surface area contributed by atoms with E-state index in [1.165, 1.54) is 10.6 Å². The van der Waals surface area contributed by atoms with Crippen molar-refractivity contribution in [2.24, 2.45) is 0 Å². The van der Waals surface area contributed by atoms with Gasteiger partial charge in [-0.3, -0.25) is 9.59 Å². The third kappa shape index (κ3) is 2.81. The Morgan fingerprint density at radius 3 is 2.85 bits per heavy atom. The van der Waals surface area contributed by atoms with E-state index in [1.54, 1.807) is 19.2 Å². The minimum absolute atomic E-state index is 0.0557. The first-order chi connectivity index (χ1) is 6.13. The second-order valence-electron chi connectivity index (χ2n) is 2.71. The van der Waals surface area contributed by atoms with Crippen LogP contribution in [-0.4, -0.2) is 10.4 Å². The summed E-state index contributed by atoms with van der Waals surface area (Å²) >= 11 is 3.24. The number of carbonyl (C=O) groups is 1. The van der Waals surface area contributed by atoms with Crippen LogP contribution in [-0.2, 0) is 11.3 Å². The molecule has 0 aliphatic heterocycles. The van der Waals surface area contributed by atoms with E-state index in [-0.39, 0.29) is 17.9 Å². The number of Topliss-reactive ketones (excluding diaryl/α,β-unsaturated/α-hetero) is 1. The molecule has 1 aromatic rings. The zero-order chi connectivity index (χ0) is 9.84. The number of carbonyl (C=O) groups excluding carboxylic acids is 1. The Morgan fingerprint density at radius 1 is 1.54 bits per heavy atom. The SMILES string of the molecule is CCC(=O)Cn1cc(Br)ccc1=O. The van der Waals surface area contributed by atoms with Crippen molar-refractivity contribution < 1.29 is 4.79 Å². The summed E-state index contributed by atoms with van der Waals surface area (Å²) < 4.78 is 2.20. The molecule has 0 fully saturated rings. The maximum atomic E-state index is 11.2. The van der Waals surface area contributed by atoms with Crippen LogP contribution in [0.3, 0.4) is 0 Å². The molecule has 4 heteroatoms. The second-order valence-corrected chi connectivity index (χ2v) is 3.62. The number of nitrogens with zero attached hydrogens (tertiary/aromatic N) is 1. The van der Waals surface area contributed by atoms with Crippen molar-refractivity contribution in [1.82, 2.24) is 4.57 Å². The molecule has 0 aliphatic carbocycles. The smallest absolute Gasteiger partial charge is 0.250 e. The van der Waals surface area contributed by atoms with E-state index in [0.717, 1.165) is 4.47 Å². The van der Waals surface area contributed by atoms with Gasteiger partial charge >= 0.3 is 0 Å². The Hall–Kier alpha value is -0.900. The van der Waals surface area contributed by atoms with Crippen LogP contribution >= 0.6 is 15.9 Å². The Kier molecular flexibility index (Phi) is 3.42.